The number of hydrogen-bond donors (Lipinski definition) is 2. The highest BCUT2D eigenvalue weighted by Crippen LogP contribution is 2.36. The summed E-state index contributed by atoms with van der Waals surface area (Å²) < 4.78 is 32.4. The van der Waals surface area contributed by atoms with E-state index >= 15 is 0 Å². The molecule has 2 N–H and O–H groups in total. The third kappa shape index (κ3) is 6.48. The second-order valence-electron chi connectivity index (χ2n) is 11.8. The number of carboxylic acids is 1. The van der Waals surface area contributed by atoms with Crippen LogP contribution >= 0.6 is 0 Å². The summed E-state index contributed by atoms with van der Waals surface area (Å²) in [6.45, 7) is 6.83. The van der Waals surface area contributed by atoms with E-state index in [1.807, 2.05) is 18.7 Å². The molecule has 1 aromatic carbocycles. The summed E-state index contributed by atoms with van der Waals surface area (Å²) in [4.78, 5) is 19.3. The number of ether oxygens (including phenoxy) is 3. The first-order valence-corrected chi connectivity index (χ1v) is 14.5. The Labute approximate surface area is 236 Å². The molecule has 1 fully saturated rings. The van der Waals surface area contributed by atoms with Crippen LogP contribution in [0.1, 0.15) is 73.5 Å². The lowest BCUT2D eigenvalue weighted by Gasteiger charge is -2.38. The number of carbonyl (C=O) groups is 1. The highest BCUT2D eigenvalue weighted by Gasteiger charge is 2.40. The number of pyridine rings is 1. The van der Waals surface area contributed by atoms with Crippen LogP contribution in [0.4, 0.5) is 10.2 Å². The van der Waals surface area contributed by atoms with Crippen LogP contribution in [0.5, 0.6) is 0 Å². The number of rotatable bonds is 11. The van der Waals surface area contributed by atoms with Crippen molar-refractivity contribution in [1.82, 2.24) is 9.88 Å². The van der Waals surface area contributed by atoms with Crippen LogP contribution < -0.4 is 5.32 Å². The predicted octanol–water partition coefficient (Wildman–Crippen LogP) is 4.68. The zero-order chi connectivity index (χ0) is 28.3. The van der Waals surface area contributed by atoms with Crippen LogP contribution in [0.15, 0.2) is 24.3 Å². The molecular weight excluding hydrogens is 513 g/mol. The Balaban J connectivity index is 1.17. The maximum absolute atomic E-state index is 14.7. The molecule has 218 valence electrons. The van der Waals surface area contributed by atoms with Crippen LogP contribution in [0.2, 0.25) is 0 Å². The lowest BCUT2D eigenvalue weighted by atomic mass is 9.85. The molecule has 4 heterocycles. The number of methoxy groups -OCH3 is 1. The molecular formula is C31H42FN3O5. The predicted molar refractivity (Wildman–Crippen MR) is 150 cm³/mol. The smallest absolute Gasteiger partial charge is 0.325 e. The number of aryl methyl sites for hydroxylation is 2. The molecule has 3 atom stereocenters. The molecule has 0 bridgehead atoms. The largest absolute Gasteiger partial charge is 0.480 e. The van der Waals surface area contributed by atoms with Crippen LogP contribution in [0.3, 0.4) is 0 Å². The van der Waals surface area contributed by atoms with E-state index in [-0.39, 0.29) is 18.8 Å². The number of aliphatic carboxylic acids is 1. The standard InChI is InChI=1S/C31H42FN3O5/c1-31(2,38-3)27-17-25-21(19-40-27)15-22(32)16-26(25)28(30(36)37)35-13-11-24(18-35)39-14-5-4-8-23-10-9-20-7-6-12-33-29(20)34-23/h9-10,15-16,24,27-28H,4-8,11-14,17-19H2,1-3H3,(H,33,34)(H,36,37)/t24-,27-,28+/m1/s1. The monoisotopic (exact) mass is 555 g/mol. The second kappa shape index (κ2) is 12.5. The highest BCUT2D eigenvalue weighted by atomic mass is 19.1. The minimum absolute atomic E-state index is 0.0409. The van der Waals surface area contributed by atoms with Crippen molar-refractivity contribution in [3.8, 4) is 0 Å². The van der Waals surface area contributed by atoms with Gasteiger partial charge in [-0.25, -0.2) is 9.37 Å². The highest BCUT2D eigenvalue weighted by molar-refractivity contribution is 5.76. The molecule has 8 nitrogen and oxygen atoms in total. The van der Waals surface area contributed by atoms with Crippen molar-refractivity contribution < 1.29 is 28.5 Å². The van der Waals surface area contributed by atoms with Crippen LogP contribution in [0, 0.1) is 5.82 Å². The van der Waals surface area contributed by atoms with Crippen molar-refractivity contribution in [3.05, 3.63) is 58.0 Å². The van der Waals surface area contributed by atoms with Gasteiger partial charge in [-0.05, 0) is 92.8 Å². The summed E-state index contributed by atoms with van der Waals surface area (Å²) in [6.07, 6.45) is 5.98. The summed E-state index contributed by atoms with van der Waals surface area (Å²) in [6, 6.07) is 6.22. The number of benzene rings is 1. The number of fused-ring (bicyclic) bond motifs is 2. The van der Waals surface area contributed by atoms with E-state index in [1.54, 1.807) is 7.11 Å². The minimum Gasteiger partial charge on any atom is -0.480 e. The molecule has 0 unspecified atom stereocenters. The number of carboxylic acid groups (broad SMARTS) is 1. The number of unbranched alkanes of at least 4 members (excludes halogenated alkanes) is 1. The summed E-state index contributed by atoms with van der Waals surface area (Å²) in [5.41, 5.74) is 3.92. The molecule has 0 saturated carbocycles. The summed E-state index contributed by atoms with van der Waals surface area (Å²) in [7, 11) is 1.64. The van der Waals surface area contributed by atoms with Gasteiger partial charge in [0.05, 0.1) is 24.4 Å². The van der Waals surface area contributed by atoms with Gasteiger partial charge in [0.1, 0.15) is 17.7 Å². The summed E-state index contributed by atoms with van der Waals surface area (Å²) >= 11 is 0. The second-order valence-corrected chi connectivity index (χ2v) is 11.8. The fraction of sp³-hybridized carbons (Fsp3) is 0.613. The zero-order valence-electron chi connectivity index (χ0n) is 23.9. The van der Waals surface area contributed by atoms with Crippen molar-refractivity contribution in [2.45, 2.75) is 89.3 Å². The average molecular weight is 556 g/mol. The van der Waals surface area contributed by atoms with Gasteiger partial charge in [0.25, 0.3) is 0 Å². The average Bonchev–Trinajstić information content (AvgIpc) is 3.40. The number of nitrogens with one attached hydrogen (secondary N) is 1. The van der Waals surface area contributed by atoms with E-state index in [1.165, 1.54) is 17.7 Å². The first-order chi connectivity index (χ1) is 19.2. The number of hydrogen-bond acceptors (Lipinski definition) is 7. The first-order valence-electron chi connectivity index (χ1n) is 14.5. The third-order valence-electron chi connectivity index (χ3n) is 8.68. The molecule has 1 saturated heterocycles. The van der Waals surface area contributed by atoms with Crippen molar-refractivity contribution in [3.63, 3.8) is 0 Å². The maximum Gasteiger partial charge on any atom is 0.325 e. The Morgan fingerprint density at radius 3 is 2.95 bits per heavy atom. The first kappa shape index (κ1) is 28.9. The van der Waals surface area contributed by atoms with Crippen LogP contribution in [-0.2, 0) is 44.9 Å². The van der Waals surface area contributed by atoms with Gasteiger partial charge < -0.3 is 24.6 Å². The van der Waals surface area contributed by atoms with Gasteiger partial charge in [-0.1, -0.05) is 6.07 Å². The SMILES string of the molecule is COC(C)(C)[C@H]1Cc2c(cc(F)cc2[C@@H](C(=O)O)N2CC[C@@H](OCCCCc3ccc4c(n3)NCCC4)C2)CO1. The van der Waals surface area contributed by atoms with Crippen molar-refractivity contribution >= 4 is 11.8 Å². The molecule has 40 heavy (non-hydrogen) atoms. The molecule has 2 aromatic rings. The van der Waals surface area contributed by atoms with Gasteiger partial charge in [-0.3, -0.25) is 9.69 Å². The van der Waals surface area contributed by atoms with E-state index in [0.717, 1.165) is 62.1 Å². The molecule has 0 aliphatic carbocycles. The quantitative estimate of drug-likeness (QED) is 0.386. The Morgan fingerprint density at radius 1 is 1.30 bits per heavy atom. The Kier molecular flexibility index (Phi) is 9.05. The van der Waals surface area contributed by atoms with E-state index in [0.29, 0.717) is 37.2 Å². The Hall–Kier alpha value is -2.59. The molecule has 3 aliphatic rings. The van der Waals surface area contributed by atoms with Gasteiger partial charge >= 0.3 is 5.97 Å². The van der Waals surface area contributed by atoms with Gasteiger partial charge in [-0.2, -0.15) is 0 Å². The number of nitrogens with zero attached hydrogens (tertiary/aromatic N) is 2. The fourth-order valence-electron chi connectivity index (χ4n) is 6.13. The normalized spacial score (nSPS) is 21.9. The molecule has 0 amide bonds. The number of aromatic nitrogens is 1. The zero-order valence-corrected chi connectivity index (χ0v) is 23.9. The molecule has 1 aromatic heterocycles. The van der Waals surface area contributed by atoms with E-state index < -0.39 is 23.4 Å². The maximum atomic E-state index is 14.7. The molecule has 3 aliphatic heterocycles. The Morgan fingerprint density at radius 2 is 2.15 bits per heavy atom. The van der Waals surface area contributed by atoms with Gasteiger partial charge in [0.15, 0.2) is 0 Å². The molecule has 0 radical (unpaired) electrons. The van der Waals surface area contributed by atoms with Gasteiger partial charge in [-0.15, -0.1) is 0 Å². The number of anilines is 1. The van der Waals surface area contributed by atoms with Crippen molar-refractivity contribution in [2.75, 3.05) is 38.7 Å². The molecule has 5 rings (SSSR count). The lowest BCUT2D eigenvalue weighted by molar-refractivity contribution is -0.143. The minimum atomic E-state index is -0.977. The number of halogens is 1. The summed E-state index contributed by atoms with van der Waals surface area (Å²) in [5, 5.41) is 13.7. The lowest BCUT2D eigenvalue weighted by Crippen LogP contribution is -2.44. The van der Waals surface area contributed by atoms with Crippen LogP contribution in [-0.4, -0.2) is 72.1 Å². The van der Waals surface area contributed by atoms with E-state index in [9.17, 15) is 14.3 Å². The molecule has 0 spiro atoms. The number of likely N-dealkylation sites (tertiary alicyclic amines) is 1. The van der Waals surface area contributed by atoms with Crippen LogP contribution in [0.25, 0.3) is 0 Å². The Bertz CT molecular complexity index is 1210. The molecule has 9 heteroatoms. The van der Waals surface area contributed by atoms with Crippen molar-refractivity contribution in [1.29, 1.82) is 0 Å². The topological polar surface area (TPSA) is 93.2 Å². The fourth-order valence-corrected chi connectivity index (χ4v) is 6.13. The third-order valence-corrected chi connectivity index (χ3v) is 8.68. The van der Waals surface area contributed by atoms with Crippen molar-refractivity contribution in [2.24, 2.45) is 0 Å². The van der Waals surface area contributed by atoms with E-state index in [2.05, 4.69) is 17.4 Å². The van der Waals surface area contributed by atoms with E-state index in [4.69, 9.17) is 19.2 Å². The van der Waals surface area contributed by atoms with Gasteiger partial charge in [0, 0.05) is 45.5 Å². The van der Waals surface area contributed by atoms with Gasteiger partial charge in [0.2, 0.25) is 0 Å². The summed E-state index contributed by atoms with van der Waals surface area (Å²) in [5.74, 6) is -0.386.